The van der Waals surface area contributed by atoms with E-state index in [0.717, 1.165) is 5.56 Å². The third-order valence-electron chi connectivity index (χ3n) is 6.79. The van der Waals surface area contributed by atoms with Crippen molar-refractivity contribution in [1.29, 1.82) is 5.26 Å². The van der Waals surface area contributed by atoms with Crippen LogP contribution in [0.5, 0.6) is 11.5 Å². The molecule has 3 unspecified atom stereocenters. The molecule has 1 aromatic carbocycles. The Hall–Kier alpha value is -2.75. The minimum atomic E-state index is -0.798. The Morgan fingerprint density at radius 2 is 1.96 bits per heavy atom. The molecule has 0 bridgehead atoms. The van der Waals surface area contributed by atoms with Crippen molar-refractivity contribution in [1.82, 2.24) is 9.80 Å². The van der Waals surface area contributed by atoms with Gasteiger partial charge in [-0.2, -0.15) is 5.26 Å². The number of rotatable bonds is 1. The van der Waals surface area contributed by atoms with Gasteiger partial charge in [-0.25, -0.2) is 0 Å². The van der Waals surface area contributed by atoms with Crippen LogP contribution in [0.2, 0.25) is 0 Å². The summed E-state index contributed by atoms with van der Waals surface area (Å²) in [5.41, 5.74) is -0.717. The molecule has 3 saturated heterocycles. The molecule has 134 valence electrons. The Bertz CT molecular complexity index is 909. The molecule has 1 aromatic rings. The number of nitriles is 1. The first-order chi connectivity index (χ1) is 12.3. The maximum absolute atomic E-state index is 13.3. The monoisotopic (exact) mass is 353 g/mol. The summed E-state index contributed by atoms with van der Waals surface area (Å²) in [5.74, 6) is 0.833. The Balaban J connectivity index is 1.63. The van der Waals surface area contributed by atoms with E-state index in [1.807, 2.05) is 32.0 Å². The van der Waals surface area contributed by atoms with E-state index >= 15 is 0 Å². The number of fused-ring (bicyclic) bond motifs is 4. The summed E-state index contributed by atoms with van der Waals surface area (Å²) >= 11 is 0. The van der Waals surface area contributed by atoms with Gasteiger partial charge in [0.1, 0.15) is 5.54 Å². The second-order valence-corrected chi connectivity index (χ2v) is 8.05. The van der Waals surface area contributed by atoms with Crippen LogP contribution < -0.4 is 9.47 Å². The Morgan fingerprint density at radius 1 is 1.23 bits per heavy atom. The fourth-order valence-electron chi connectivity index (χ4n) is 5.31. The lowest BCUT2D eigenvalue weighted by molar-refractivity contribution is -0.168. The molecule has 0 spiro atoms. The van der Waals surface area contributed by atoms with E-state index in [1.165, 1.54) is 0 Å². The third-order valence-corrected chi connectivity index (χ3v) is 6.79. The van der Waals surface area contributed by atoms with Crippen molar-refractivity contribution in [2.45, 2.75) is 37.9 Å². The summed E-state index contributed by atoms with van der Waals surface area (Å²) in [4.78, 5) is 29.1. The summed E-state index contributed by atoms with van der Waals surface area (Å²) < 4.78 is 10.8. The Morgan fingerprint density at radius 3 is 2.69 bits per heavy atom. The van der Waals surface area contributed by atoms with Gasteiger partial charge in [-0.1, -0.05) is 6.07 Å². The van der Waals surface area contributed by atoms with Gasteiger partial charge in [0.05, 0.1) is 23.4 Å². The number of hydrogen-bond donors (Lipinski definition) is 0. The summed E-state index contributed by atoms with van der Waals surface area (Å²) in [6.07, 6.45) is 0.494. The highest BCUT2D eigenvalue weighted by Gasteiger charge is 2.75. The summed E-state index contributed by atoms with van der Waals surface area (Å²) in [5, 5.41) is 9.90. The first kappa shape index (κ1) is 15.5. The number of carbonyl (C=O) groups is 2. The van der Waals surface area contributed by atoms with Gasteiger partial charge >= 0.3 is 0 Å². The number of likely N-dealkylation sites (N-methyl/N-ethyl adjacent to an activating group) is 1. The van der Waals surface area contributed by atoms with Crippen molar-refractivity contribution in [2.24, 2.45) is 11.3 Å². The van der Waals surface area contributed by atoms with Crippen molar-refractivity contribution in [3.05, 3.63) is 23.8 Å². The van der Waals surface area contributed by atoms with Crippen LogP contribution in [0.25, 0.3) is 0 Å². The van der Waals surface area contributed by atoms with Crippen LogP contribution >= 0.6 is 0 Å². The molecule has 5 rings (SSSR count). The van der Waals surface area contributed by atoms with Crippen molar-refractivity contribution in [2.75, 3.05) is 13.8 Å². The van der Waals surface area contributed by atoms with Crippen LogP contribution in [0.1, 0.15) is 31.9 Å². The van der Waals surface area contributed by atoms with Gasteiger partial charge in [0.25, 0.3) is 0 Å². The number of nitrogens with zero attached hydrogens (tertiary/aromatic N) is 3. The highest BCUT2D eigenvalue weighted by molar-refractivity contribution is 6.06. The average molecular weight is 353 g/mol. The molecule has 4 aliphatic rings. The molecule has 0 aliphatic carbocycles. The first-order valence-electron chi connectivity index (χ1n) is 8.74. The van der Waals surface area contributed by atoms with Crippen LogP contribution in [0.15, 0.2) is 18.2 Å². The maximum Gasteiger partial charge on any atom is 0.250 e. The first-order valence-corrected chi connectivity index (χ1v) is 8.74. The number of carbonyl (C=O) groups excluding carboxylic acids is 2. The van der Waals surface area contributed by atoms with E-state index in [1.54, 1.807) is 16.8 Å². The van der Waals surface area contributed by atoms with Crippen LogP contribution in [0.3, 0.4) is 0 Å². The molecule has 0 radical (unpaired) electrons. The SMILES string of the molecule is CN1C(=O)[C@H]2C3C[C@](C)(C#N)C(c4ccc5c(c4)OCO5)N3C(=O)C21C. The highest BCUT2D eigenvalue weighted by atomic mass is 16.7. The number of hydrogen-bond acceptors (Lipinski definition) is 5. The van der Waals surface area contributed by atoms with E-state index in [0.29, 0.717) is 17.9 Å². The summed E-state index contributed by atoms with van der Waals surface area (Å²) in [6.45, 7) is 3.88. The minimum Gasteiger partial charge on any atom is -0.454 e. The summed E-state index contributed by atoms with van der Waals surface area (Å²) in [7, 11) is 1.68. The number of ether oxygens (including phenoxy) is 2. The molecule has 4 heterocycles. The molecule has 0 aromatic heterocycles. The predicted molar refractivity (Wildman–Crippen MR) is 88.9 cm³/mol. The molecule has 4 aliphatic heterocycles. The third kappa shape index (κ3) is 1.50. The second kappa shape index (κ2) is 4.50. The number of amides is 2. The molecule has 7 nitrogen and oxygen atoms in total. The normalized spacial score (nSPS) is 39.5. The van der Waals surface area contributed by atoms with Crippen LogP contribution in [-0.4, -0.2) is 47.0 Å². The zero-order chi connectivity index (χ0) is 18.4. The standard InChI is InChI=1S/C19H19N3O4/c1-18(8-20)7-11-14-16(23)21(3)19(14,2)17(24)22(11)15(18)10-4-5-12-13(6-10)26-9-25-12/h4-6,11,14-15H,7,9H2,1-3H3/t11?,14-,15?,18-,19?/m1/s1. The van der Waals surface area contributed by atoms with Crippen LogP contribution in [0, 0.1) is 22.7 Å². The Kier molecular flexibility index (Phi) is 2.68. The lowest BCUT2D eigenvalue weighted by atomic mass is 9.69. The van der Waals surface area contributed by atoms with Gasteiger partial charge < -0.3 is 19.3 Å². The smallest absolute Gasteiger partial charge is 0.250 e. The molecule has 0 saturated carbocycles. The van der Waals surface area contributed by atoms with Crippen molar-refractivity contribution < 1.29 is 19.1 Å². The molecule has 5 atom stereocenters. The molecule has 0 N–H and O–H groups in total. The number of likely N-dealkylation sites (tertiary alicyclic amines) is 1. The quantitative estimate of drug-likeness (QED) is 0.714. The topological polar surface area (TPSA) is 82.9 Å². The lowest BCUT2D eigenvalue weighted by Crippen LogP contribution is -2.70. The van der Waals surface area contributed by atoms with Gasteiger partial charge in [0.15, 0.2) is 11.5 Å². The molecular formula is C19H19N3O4. The maximum atomic E-state index is 13.3. The van der Waals surface area contributed by atoms with Gasteiger partial charge in [0, 0.05) is 13.1 Å². The van der Waals surface area contributed by atoms with Crippen molar-refractivity contribution >= 4 is 11.8 Å². The zero-order valence-electron chi connectivity index (χ0n) is 14.9. The predicted octanol–water partition coefficient (Wildman–Crippen LogP) is 1.45. The van der Waals surface area contributed by atoms with E-state index in [2.05, 4.69) is 6.07 Å². The van der Waals surface area contributed by atoms with E-state index < -0.39 is 17.0 Å². The van der Waals surface area contributed by atoms with Crippen molar-refractivity contribution in [3.63, 3.8) is 0 Å². The zero-order valence-corrected chi connectivity index (χ0v) is 14.9. The molecule has 7 heteroatoms. The fraction of sp³-hybridized carbons (Fsp3) is 0.526. The van der Waals surface area contributed by atoms with Crippen molar-refractivity contribution in [3.8, 4) is 17.6 Å². The molecule has 26 heavy (non-hydrogen) atoms. The van der Waals surface area contributed by atoms with E-state index in [9.17, 15) is 14.9 Å². The van der Waals surface area contributed by atoms with E-state index in [4.69, 9.17) is 9.47 Å². The van der Waals surface area contributed by atoms with Gasteiger partial charge in [0.2, 0.25) is 18.6 Å². The largest absolute Gasteiger partial charge is 0.454 e. The van der Waals surface area contributed by atoms with Gasteiger partial charge in [-0.15, -0.1) is 0 Å². The molecular weight excluding hydrogens is 334 g/mol. The Labute approximate surface area is 151 Å². The van der Waals surface area contributed by atoms with E-state index in [-0.39, 0.29) is 30.6 Å². The summed E-state index contributed by atoms with van der Waals surface area (Å²) in [6, 6.07) is 7.32. The minimum absolute atomic E-state index is 0.0139. The van der Waals surface area contributed by atoms with Gasteiger partial charge in [-0.05, 0) is 38.0 Å². The van der Waals surface area contributed by atoms with Gasteiger partial charge in [-0.3, -0.25) is 9.59 Å². The molecule has 2 amide bonds. The number of benzene rings is 1. The second-order valence-electron chi connectivity index (χ2n) is 8.05. The number of β-lactam (4-membered cyclic amide) rings is 1. The van der Waals surface area contributed by atoms with Crippen LogP contribution in [-0.2, 0) is 9.59 Å². The fourth-order valence-corrected chi connectivity index (χ4v) is 5.31. The highest BCUT2D eigenvalue weighted by Crippen LogP contribution is 2.61. The van der Waals surface area contributed by atoms with Crippen LogP contribution in [0.4, 0.5) is 0 Å². The molecule has 3 fully saturated rings. The average Bonchev–Trinajstić information content (AvgIpc) is 3.26. The lowest BCUT2D eigenvalue weighted by Gasteiger charge is -2.49.